The van der Waals surface area contributed by atoms with Crippen LogP contribution < -0.4 is 0 Å². The van der Waals surface area contributed by atoms with Crippen LogP contribution in [0.5, 0.6) is 5.75 Å². The smallest absolute Gasteiger partial charge is 0.189 e. The third-order valence-electron chi connectivity index (χ3n) is 3.38. The maximum atomic E-state index is 13.9. The van der Waals surface area contributed by atoms with E-state index in [2.05, 4.69) is 9.98 Å². The number of carbonyl (C=O) groups is 1. The summed E-state index contributed by atoms with van der Waals surface area (Å²) in [5.41, 5.74) is 0.125. The third kappa shape index (κ3) is 2.30. The monoisotopic (exact) mass is 342 g/mol. The Labute approximate surface area is 133 Å². The first-order valence-electron chi connectivity index (χ1n) is 6.46. The number of benzene rings is 1. The minimum absolute atomic E-state index is 0.0523. The van der Waals surface area contributed by atoms with Crippen molar-refractivity contribution in [2.45, 2.75) is 31.6 Å². The number of carbonyl (C=O) groups excluding carboxylic acids is 1. The molecule has 22 heavy (non-hydrogen) atoms. The van der Waals surface area contributed by atoms with Crippen LogP contribution in [0.25, 0.3) is 10.2 Å². The summed E-state index contributed by atoms with van der Waals surface area (Å²) >= 11 is 2.37. The number of hydrogen-bond acceptors (Lipinski definition) is 6. The molecule has 2 aromatic rings. The molecule has 0 saturated heterocycles. The van der Waals surface area contributed by atoms with E-state index in [1.165, 1.54) is 18.7 Å². The molecule has 1 atom stereocenters. The van der Waals surface area contributed by atoms with Crippen LogP contribution in [0, 0.1) is 11.6 Å². The summed E-state index contributed by atoms with van der Waals surface area (Å²) in [5, 5.41) is 10.3. The van der Waals surface area contributed by atoms with Gasteiger partial charge in [0.05, 0.1) is 10.2 Å². The number of ketones is 1. The van der Waals surface area contributed by atoms with Gasteiger partial charge in [0.15, 0.2) is 23.2 Å². The lowest BCUT2D eigenvalue weighted by atomic mass is 10.0. The fourth-order valence-corrected chi connectivity index (χ4v) is 4.61. The molecule has 4 nitrogen and oxygen atoms in total. The molecule has 1 aromatic heterocycles. The highest BCUT2D eigenvalue weighted by atomic mass is 32.2. The van der Waals surface area contributed by atoms with Crippen molar-refractivity contribution in [1.29, 1.82) is 0 Å². The lowest BCUT2D eigenvalue weighted by molar-refractivity contribution is -0.118. The van der Waals surface area contributed by atoms with E-state index in [1.54, 1.807) is 0 Å². The lowest BCUT2D eigenvalue weighted by Crippen LogP contribution is -2.33. The van der Waals surface area contributed by atoms with E-state index in [1.807, 2.05) is 13.8 Å². The fourth-order valence-electron chi connectivity index (χ4n) is 2.36. The highest BCUT2D eigenvalue weighted by Crippen LogP contribution is 2.42. The van der Waals surface area contributed by atoms with Crippen molar-refractivity contribution in [3.63, 3.8) is 0 Å². The van der Waals surface area contributed by atoms with E-state index in [9.17, 15) is 18.7 Å². The Morgan fingerprint density at radius 2 is 2.09 bits per heavy atom. The predicted octanol–water partition coefficient (Wildman–Crippen LogP) is 3.51. The van der Waals surface area contributed by atoms with E-state index >= 15 is 0 Å². The van der Waals surface area contributed by atoms with Crippen molar-refractivity contribution < 1.29 is 18.7 Å². The Morgan fingerprint density at radius 1 is 1.41 bits per heavy atom. The standard InChI is InChI=1S/C14H12F2N2O2S2/c1-5(19)11-14(2,3)22-13(18-11)12-17-7-4-6(15)9(20)8(16)10(7)21-12/h4,11,20H,1-3H3. The summed E-state index contributed by atoms with van der Waals surface area (Å²) in [7, 11) is 0. The largest absolute Gasteiger partial charge is 0.503 e. The number of thioether (sulfide) groups is 1. The van der Waals surface area contributed by atoms with E-state index in [-0.39, 0.29) is 16.0 Å². The first kappa shape index (κ1) is 15.4. The number of thiazole rings is 1. The van der Waals surface area contributed by atoms with E-state index in [0.717, 1.165) is 17.4 Å². The zero-order valence-electron chi connectivity index (χ0n) is 12.0. The van der Waals surface area contributed by atoms with Crippen molar-refractivity contribution >= 4 is 44.1 Å². The number of rotatable bonds is 2. The Bertz CT molecular complexity index is 830. The third-order valence-corrected chi connectivity index (χ3v) is 5.82. The van der Waals surface area contributed by atoms with Crippen molar-refractivity contribution in [2.75, 3.05) is 0 Å². The van der Waals surface area contributed by atoms with E-state index < -0.39 is 28.2 Å². The summed E-state index contributed by atoms with van der Waals surface area (Å²) < 4.78 is 26.9. The molecule has 0 radical (unpaired) electrons. The SMILES string of the molecule is CC(=O)C1N=C(c2nc3cc(F)c(O)c(F)c3s2)SC1(C)C. The molecule has 0 aliphatic carbocycles. The Hall–Kier alpha value is -1.54. The minimum Gasteiger partial charge on any atom is -0.503 e. The van der Waals surface area contributed by atoms with Gasteiger partial charge < -0.3 is 5.11 Å². The minimum atomic E-state index is -1.05. The molecule has 1 aromatic carbocycles. The van der Waals surface area contributed by atoms with Crippen LogP contribution >= 0.6 is 23.1 Å². The van der Waals surface area contributed by atoms with Gasteiger partial charge in [-0.1, -0.05) is 11.8 Å². The van der Waals surface area contributed by atoms with Gasteiger partial charge in [0, 0.05) is 10.8 Å². The van der Waals surface area contributed by atoms with Gasteiger partial charge in [-0.3, -0.25) is 9.79 Å². The van der Waals surface area contributed by atoms with Gasteiger partial charge in [0.2, 0.25) is 0 Å². The lowest BCUT2D eigenvalue weighted by Gasteiger charge is -2.21. The van der Waals surface area contributed by atoms with Gasteiger partial charge in [-0.15, -0.1) is 11.3 Å². The number of aromatic nitrogens is 1. The molecule has 3 rings (SSSR count). The van der Waals surface area contributed by atoms with Gasteiger partial charge in [-0.05, 0) is 20.8 Å². The number of hydrogen-bond donors (Lipinski definition) is 1. The topological polar surface area (TPSA) is 62.5 Å². The summed E-state index contributed by atoms with van der Waals surface area (Å²) in [5.74, 6) is -3.14. The number of halogens is 2. The molecule has 0 bridgehead atoms. The van der Waals surface area contributed by atoms with Crippen LogP contribution in [-0.4, -0.2) is 31.7 Å². The molecule has 0 spiro atoms. The van der Waals surface area contributed by atoms with Gasteiger partial charge in [-0.25, -0.2) is 13.8 Å². The summed E-state index contributed by atoms with van der Waals surface area (Å²) in [6.07, 6.45) is 0. The highest BCUT2D eigenvalue weighted by molar-refractivity contribution is 8.16. The second-order valence-electron chi connectivity index (χ2n) is 5.54. The Balaban J connectivity index is 2.11. The number of phenolic OH excluding ortho intramolecular Hbond substituents is 1. The van der Waals surface area contributed by atoms with Crippen LogP contribution in [0.15, 0.2) is 11.1 Å². The Kier molecular flexibility index (Phi) is 3.48. The summed E-state index contributed by atoms with van der Waals surface area (Å²) in [6.45, 7) is 5.28. The molecular weight excluding hydrogens is 330 g/mol. The quantitative estimate of drug-likeness (QED) is 0.907. The molecule has 8 heteroatoms. The van der Waals surface area contributed by atoms with E-state index in [4.69, 9.17) is 0 Å². The molecule has 0 saturated carbocycles. The number of aliphatic imine (C=N–C) groups is 1. The number of Topliss-reactive ketones (excluding diaryl/α,β-unsaturated/α-hetero) is 1. The first-order valence-corrected chi connectivity index (χ1v) is 8.09. The zero-order valence-corrected chi connectivity index (χ0v) is 13.6. The van der Waals surface area contributed by atoms with Crippen molar-refractivity contribution in [1.82, 2.24) is 4.98 Å². The molecule has 0 amide bonds. The van der Waals surface area contributed by atoms with Gasteiger partial charge in [-0.2, -0.15) is 0 Å². The van der Waals surface area contributed by atoms with Gasteiger partial charge >= 0.3 is 0 Å². The van der Waals surface area contributed by atoms with Crippen LogP contribution in [0.2, 0.25) is 0 Å². The van der Waals surface area contributed by atoms with Crippen LogP contribution in [-0.2, 0) is 4.79 Å². The van der Waals surface area contributed by atoms with Crippen LogP contribution in [0.4, 0.5) is 8.78 Å². The van der Waals surface area contributed by atoms with Crippen LogP contribution in [0.3, 0.4) is 0 Å². The predicted molar refractivity (Wildman–Crippen MR) is 83.9 cm³/mol. The van der Waals surface area contributed by atoms with Crippen LogP contribution in [0.1, 0.15) is 25.8 Å². The molecule has 2 heterocycles. The molecular formula is C14H12F2N2O2S2. The molecule has 1 N–H and O–H groups in total. The molecule has 1 aliphatic rings. The number of aromatic hydroxyl groups is 1. The second kappa shape index (κ2) is 4.99. The maximum absolute atomic E-state index is 13.9. The second-order valence-corrected chi connectivity index (χ2v) is 8.18. The van der Waals surface area contributed by atoms with Crippen molar-refractivity contribution in [3.8, 4) is 5.75 Å². The average molecular weight is 342 g/mol. The molecule has 116 valence electrons. The Morgan fingerprint density at radius 3 is 2.68 bits per heavy atom. The van der Waals surface area contributed by atoms with Gasteiger partial charge in [0.1, 0.15) is 16.1 Å². The zero-order chi connectivity index (χ0) is 16.2. The first-order chi connectivity index (χ1) is 10.2. The van der Waals surface area contributed by atoms with E-state index in [0.29, 0.717) is 10.1 Å². The van der Waals surface area contributed by atoms with Crippen molar-refractivity contribution in [3.05, 3.63) is 22.7 Å². The average Bonchev–Trinajstić information content (AvgIpc) is 2.96. The molecule has 1 aliphatic heterocycles. The molecule has 1 unspecified atom stereocenters. The van der Waals surface area contributed by atoms with Crippen molar-refractivity contribution in [2.24, 2.45) is 4.99 Å². The maximum Gasteiger partial charge on any atom is 0.189 e. The van der Waals surface area contributed by atoms with Gasteiger partial charge in [0.25, 0.3) is 0 Å². The summed E-state index contributed by atoms with van der Waals surface area (Å²) in [4.78, 5) is 20.2. The highest BCUT2D eigenvalue weighted by Gasteiger charge is 2.41. The number of nitrogens with zero attached hydrogens (tertiary/aromatic N) is 2. The summed E-state index contributed by atoms with van der Waals surface area (Å²) in [6, 6.07) is 0.496. The normalized spacial score (nSPS) is 20.4. The number of phenols is 1. The number of fused-ring (bicyclic) bond motifs is 1. The fraction of sp³-hybridized carbons (Fsp3) is 0.357. The molecule has 0 fully saturated rings.